The van der Waals surface area contributed by atoms with Crippen molar-refractivity contribution in [3.8, 4) is 5.75 Å². The second-order valence-electron chi connectivity index (χ2n) is 3.48. The van der Waals surface area contributed by atoms with Gasteiger partial charge in [0.05, 0.1) is 15.0 Å². The minimum absolute atomic E-state index is 0.132. The fourth-order valence-electron chi connectivity index (χ4n) is 1.29. The summed E-state index contributed by atoms with van der Waals surface area (Å²) in [6, 6.07) is 2.43. The van der Waals surface area contributed by atoms with Crippen molar-refractivity contribution in [2.24, 2.45) is 0 Å². The Bertz CT molecular complexity index is 403. The van der Waals surface area contributed by atoms with Gasteiger partial charge >= 0.3 is 0 Å². The Morgan fingerprint density at radius 1 is 1.47 bits per heavy atom. The molecule has 0 bridgehead atoms. The topological polar surface area (TPSA) is 64.4 Å². The monoisotopic (exact) mass is 278 g/mol. The van der Waals surface area contributed by atoms with Crippen LogP contribution in [0, 0.1) is 10.1 Å². The predicted molar refractivity (Wildman–Crippen MR) is 67.1 cm³/mol. The maximum atomic E-state index is 10.6. The Morgan fingerprint density at radius 3 is 2.41 bits per heavy atom. The molecule has 0 saturated carbocycles. The van der Waals surface area contributed by atoms with Gasteiger partial charge in [-0.2, -0.15) is 0 Å². The molecule has 0 spiro atoms. The van der Waals surface area contributed by atoms with E-state index in [2.05, 4.69) is 5.32 Å². The lowest BCUT2D eigenvalue weighted by Gasteiger charge is -2.16. The van der Waals surface area contributed by atoms with Crippen molar-refractivity contribution < 1.29 is 9.66 Å². The third-order valence-corrected chi connectivity index (χ3v) is 2.57. The van der Waals surface area contributed by atoms with Crippen molar-refractivity contribution in [1.29, 1.82) is 0 Å². The van der Waals surface area contributed by atoms with Gasteiger partial charge < -0.3 is 10.1 Å². The van der Waals surface area contributed by atoms with E-state index in [-0.39, 0.29) is 27.6 Å². The maximum absolute atomic E-state index is 10.6. The second-order valence-corrected chi connectivity index (χ2v) is 4.30. The van der Waals surface area contributed by atoms with E-state index in [0.717, 1.165) is 0 Å². The lowest BCUT2D eigenvalue weighted by molar-refractivity contribution is -0.384. The molecule has 1 N–H and O–H groups in total. The Balaban J connectivity index is 2.97. The van der Waals surface area contributed by atoms with Gasteiger partial charge in [-0.3, -0.25) is 10.1 Å². The van der Waals surface area contributed by atoms with Crippen molar-refractivity contribution in [1.82, 2.24) is 5.32 Å². The fraction of sp³-hybridized carbons (Fsp3) is 0.400. The van der Waals surface area contributed by atoms with E-state index in [9.17, 15) is 10.1 Å². The first-order valence-corrected chi connectivity index (χ1v) is 5.66. The second kappa shape index (κ2) is 6.05. The molecule has 0 heterocycles. The number of nitro groups is 1. The van der Waals surface area contributed by atoms with E-state index >= 15 is 0 Å². The van der Waals surface area contributed by atoms with Crippen molar-refractivity contribution in [3.05, 3.63) is 32.3 Å². The number of benzene rings is 1. The first-order chi connectivity index (χ1) is 7.95. The molecule has 0 saturated heterocycles. The van der Waals surface area contributed by atoms with E-state index in [4.69, 9.17) is 27.9 Å². The molecule has 0 aliphatic rings. The van der Waals surface area contributed by atoms with Crippen LogP contribution in [0.25, 0.3) is 0 Å². The molecule has 0 aromatic heterocycles. The Morgan fingerprint density at radius 2 is 2.00 bits per heavy atom. The molecule has 0 radical (unpaired) electrons. The third kappa shape index (κ3) is 3.73. The van der Waals surface area contributed by atoms with Gasteiger partial charge in [-0.15, -0.1) is 0 Å². The zero-order valence-corrected chi connectivity index (χ0v) is 10.9. The van der Waals surface area contributed by atoms with E-state index in [1.807, 2.05) is 6.92 Å². The lowest BCUT2D eigenvalue weighted by atomic mass is 10.3. The standard InChI is InChI=1S/C10H12Cl2N2O3/c1-6(5-13-2)17-10-8(11)3-7(14(15)16)4-9(10)12/h3-4,6,13H,5H2,1-2H3. The molecular weight excluding hydrogens is 267 g/mol. The van der Waals surface area contributed by atoms with Gasteiger partial charge in [0, 0.05) is 18.7 Å². The van der Waals surface area contributed by atoms with Gasteiger partial charge in [0.25, 0.3) is 5.69 Å². The van der Waals surface area contributed by atoms with Crippen molar-refractivity contribution in [2.45, 2.75) is 13.0 Å². The van der Waals surface area contributed by atoms with Crippen LogP contribution in [0.4, 0.5) is 5.69 Å². The largest absolute Gasteiger partial charge is 0.486 e. The molecule has 1 aromatic rings. The molecular formula is C10H12Cl2N2O3. The SMILES string of the molecule is CNCC(C)Oc1c(Cl)cc([N+](=O)[O-])cc1Cl. The number of likely N-dealkylation sites (N-methyl/N-ethyl adjacent to an activating group) is 1. The Kier molecular flexibility index (Phi) is 4.99. The average molecular weight is 279 g/mol. The zero-order valence-electron chi connectivity index (χ0n) is 9.37. The first-order valence-electron chi connectivity index (χ1n) is 4.90. The number of halogens is 2. The summed E-state index contributed by atoms with van der Waals surface area (Å²) in [5, 5.41) is 13.8. The molecule has 1 atom stereocenters. The minimum atomic E-state index is -0.557. The average Bonchev–Trinajstić information content (AvgIpc) is 2.23. The highest BCUT2D eigenvalue weighted by atomic mass is 35.5. The summed E-state index contributed by atoms with van der Waals surface area (Å²) in [6.07, 6.45) is -0.142. The normalized spacial score (nSPS) is 12.2. The lowest BCUT2D eigenvalue weighted by Crippen LogP contribution is -2.26. The molecule has 0 aliphatic heterocycles. The Hall–Kier alpha value is -1.04. The fourth-order valence-corrected chi connectivity index (χ4v) is 1.86. The first kappa shape index (κ1) is 14.0. The van der Waals surface area contributed by atoms with Crippen LogP contribution in [0.1, 0.15) is 6.92 Å². The number of hydrogen-bond acceptors (Lipinski definition) is 4. The number of ether oxygens (including phenoxy) is 1. The summed E-state index contributed by atoms with van der Waals surface area (Å²) in [5.74, 6) is 0.265. The van der Waals surface area contributed by atoms with Crippen LogP contribution in [-0.4, -0.2) is 24.6 Å². The molecule has 1 rings (SSSR count). The zero-order chi connectivity index (χ0) is 13.0. The highest BCUT2D eigenvalue weighted by Gasteiger charge is 2.17. The van der Waals surface area contributed by atoms with Gasteiger partial charge in [-0.25, -0.2) is 0 Å². The van der Waals surface area contributed by atoms with Gasteiger partial charge in [-0.05, 0) is 14.0 Å². The quantitative estimate of drug-likeness (QED) is 0.665. The van der Waals surface area contributed by atoms with Crippen LogP contribution in [0.5, 0.6) is 5.75 Å². The van der Waals surface area contributed by atoms with Gasteiger partial charge in [0.2, 0.25) is 0 Å². The van der Waals surface area contributed by atoms with E-state index in [1.165, 1.54) is 12.1 Å². The maximum Gasteiger partial charge on any atom is 0.272 e. The summed E-state index contributed by atoms with van der Waals surface area (Å²) in [6.45, 7) is 2.45. The van der Waals surface area contributed by atoms with Crippen molar-refractivity contribution in [2.75, 3.05) is 13.6 Å². The molecule has 7 heteroatoms. The van der Waals surface area contributed by atoms with Gasteiger partial charge in [0.15, 0.2) is 5.75 Å². The number of nitrogens with zero attached hydrogens (tertiary/aromatic N) is 1. The number of nitro benzene ring substituents is 1. The number of non-ortho nitro benzene ring substituents is 1. The van der Waals surface area contributed by atoms with Crippen molar-refractivity contribution >= 4 is 28.9 Å². The third-order valence-electron chi connectivity index (χ3n) is 2.00. The summed E-state index contributed by atoms with van der Waals surface area (Å²) in [4.78, 5) is 10.0. The highest BCUT2D eigenvalue weighted by molar-refractivity contribution is 6.37. The molecule has 5 nitrogen and oxygen atoms in total. The smallest absolute Gasteiger partial charge is 0.272 e. The number of nitrogens with one attached hydrogen (secondary N) is 1. The molecule has 0 aliphatic carbocycles. The van der Waals surface area contributed by atoms with Crippen molar-refractivity contribution in [3.63, 3.8) is 0 Å². The number of hydrogen-bond donors (Lipinski definition) is 1. The van der Waals surface area contributed by atoms with Crippen LogP contribution >= 0.6 is 23.2 Å². The summed E-state index contributed by atoms with van der Waals surface area (Å²) >= 11 is 11.8. The minimum Gasteiger partial charge on any atom is -0.486 e. The van der Waals surface area contributed by atoms with Gasteiger partial charge in [0.1, 0.15) is 6.10 Å². The van der Waals surface area contributed by atoms with Gasteiger partial charge in [-0.1, -0.05) is 23.2 Å². The Labute approximate surface area is 109 Å². The molecule has 0 fully saturated rings. The predicted octanol–water partition coefficient (Wildman–Crippen LogP) is 2.89. The highest BCUT2D eigenvalue weighted by Crippen LogP contribution is 2.37. The number of rotatable bonds is 5. The molecule has 0 amide bonds. The summed E-state index contributed by atoms with van der Waals surface area (Å²) < 4.78 is 5.50. The molecule has 94 valence electrons. The van der Waals surface area contributed by atoms with E-state index in [1.54, 1.807) is 7.05 Å². The van der Waals surface area contributed by atoms with E-state index in [0.29, 0.717) is 6.54 Å². The van der Waals surface area contributed by atoms with Crippen LogP contribution in [-0.2, 0) is 0 Å². The van der Waals surface area contributed by atoms with Crippen LogP contribution in [0.3, 0.4) is 0 Å². The molecule has 1 aromatic carbocycles. The van der Waals surface area contributed by atoms with Crippen LogP contribution in [0.2, 0.25) is 10.0 Å². The van der Waals surface area contributed by atoms with E-state index < -0.39 is 4.92 Å². The molecule has 17 heavy (non-hydrogen) atoms. The van der Waals surface area contributed by atoms with Crippen LogP contribution < -0.4 is 10.1 Å². The summed E-state index contributed by atoms with van der Waals surface area (Å²) in [7, 11) is 1.79. The van der Waals surface area contributed by atoms with Crippen LogP contribution in [0.15, 0.2) is 12.1 Å². The molecule has 1 unspecified atom stereocenters. The summed E-state index contributed by atoms with van der Waals surface area (Å²) in [5.41, 5.74) is -0.159.